The summed E-state index contributed by atoms with van der Waals surface area (Å²) in [6, 6.07) is 14.8. The summed E-state index contributed by atoms with van der Waals surface area (Å²) in [6.45, 7) is 1.18. The monoisotopic (exact) mass is 342 g/mol. The van der Waals surface area contributed by atoms with Gasteiger partial charge in [0.25, 0.3) is 0 Å². The van der Waals surface area contributed by atoms with E-state index in [0.29, 0.717) is 24.7 Å². The summed E-state index contributed by atoms with van der Waals surface area (Å²) >= 11 is 0. The molecule has 0 atom stereocenters. The zero-order valence-corrected chi connectivity index (χ0v) is 14.4. The van der Waals surface area contributed by atoms with Crippen molar-refractivity contribution in [3.8, 4) is 5.75 Å². The van der Waals surface area contributed by atoms with E-state index in [0.717, 1.165) is 24.2 Å². The summed E-state index contributed by atoms with van der Waals surface area (Å²) in [5.41, 5.74) is 1.57. The molecule has 1 N–H and O–H groups in total. The molecular formula is C20H23FN2O2. The van der Waals surface area contributed by atoms with Gasteiger partial charge < -0.3 is 10.1 Å². The van der Waals surface area contributed by atoms with E-state index in [1.165, 1.54) is 6.07 Å². The van der Waals surface area contributed by atoms with Gasteiger partial charge in [-0.25, -0.2) is 4.39 Å². The van der Waals surface area contributed by atoms with Crippen LogP contribution >= 0.6 is 0 Å². The molecule has 25 heavy (non-hydrogen) atoms. The molecule has 3 rings (SSSR count). The average molecular weight is 342 g/mol. The van der Waals surface area contributed by atoms with Gasteiger partial charge >= 0.3 is 0 Å². The molecule has 1 fully saturated rings. The topological polar surface area (TPSA) is 41.6 Å². The molecule has 0 heterocycles. The van der Waals surface area contributed by atoms with E-state index in [-0.39, 0.29) is 18.3 Å². The van der Waals surface area contributed by atoms with E-state index >= 15 is 0 Å². The minimum Gasteiger partial charge on any atom is -0.496 e. The smallest absolute Gasteiger partial charge is 0.234 e. The molecule has 0 saturated heterocycles. The van der Waals surface area contributed by atoms with Crippen LogP contribution in [-0.4, -0.2) is 30.5 Å². The highest BCUT2D eigenvalue weighted by Gasteiger charge is 2.30. The van der Waals surface area contributed by atoms with Gasteiger partial charge in [0.2, 0.25) is 5.91 Å². The molecular weight excluding hydrogens is 319 g/mol. The summed E-state index contributed by atoms with van der Waals surface area (Å²) in [7, 11) is 1.65. The van der Waals surface area contributed by atoms with Crippen LogP contribution in [0.5, 0.6) is 5.75 Å². The number of amides is 1. The number of rotatable bonds is 8. The van der Waals surface area contributed by atoms with Crippen LogP contribution in [0, 0.1) is 5.82 Å². The van der Waals surface area contributed by atoms with Crippen LogP contribution in [0.1, 0.15) is 24.0 Å². The lowest BCUT2D eigenvalue weighted by Crippen LogP contribution is -2.38. The molecule has 4 nitrogen and oxygen atoms in total. The van der Waals surface area contributed by atoms with E-state index in [4.69, 9.17) is 4.74 Å². The van der Waals surface area contributed by atoms with Gasteiger partial charge in [-0.2, -0.15) is 0 Å². The number of ether oxygens (including phenoxy) is 1. The van der Waals surface area contributed by atoms with Gasteiger partial charge in [-0.05, 0) is 25.0 Å². The van der Waals surface area contributed by atoms with Gasteiger partial charge in [0, 0.05) is 30.3 Å². The van der Waals surface area contributed by atoms with Crippen molar-refractivity contribution in [3.63, 3.8) is 0 Å². The molecule has 0 aromatic heterocycles. The van der Waals surface area contributed by atoms with Gasteiger partial charge in [-0.15, -0.1) is 0 Å². The Bertz CT molecular complexity index is 731. The molecule has 5 heteroatoms. The minimum atomic E-state index is -0.295. The predicted molar refractivity (Wildman–Crippen MR) is 94.7 cm³/mol. The Morgan fingerprint density at radius 1 is 1.16 bits per heavy atom. The summed E-state index contributed by atoms with van der Waals surface area (Å²) in [5.74, 6) is 0.445. The third-order valence-corrected chi connectivity index (χ3v) is 4.41. The Kier molecular flexibility index (Phi) is 5.66. The minimum absolute atomic E-state index is 0.0925. The lowest BCUT2D eigenvalue weighted by Gasteiger charge is -2.22. The Hall–Kier alpha value is -2.40. The maximum atomic E-state index is 13.6. The van der Waals surface area contributed by atoms with Crippen molar-refractivity contribution in [2.75, 3.05) is 13.7 Å². The third kappa shape index (κ3) is 4.79. The number of para-hydroxylation sites is 1. The molecule has 1 aliphatic carbocycles. The first-order valence-electron chi connectivity index (χ1n) is 8.53. The normalized spacial score (nSPS) is 13.7. The molecule has 132 valence electrons. The lowest BCUT2D eigenvalue weighted by atomic mass is 10.2. The molecule has 0 radical (unpaired) electrons. The predicted octanol–water partition coefficient (Wildman–Crippen LogP) is 3.12. The van der Waals surface area contributed by atoms with Crippen LogP contribution in [0.2, 0.25) is 0 Å². The van der Waals surface area contributed by atoms with Crippen LogP contribution in [0.3, 0.4) is 0 Å². The molecule has 1 saturated carbocycles. The number of methoxy groups -OCH3 is 1. The van der Waals surface area contributed by atoms with Crippen molar-refractivity contribution in [3.05, 3.63) is 65.5 Å². The fourth-order valence-corrected chi connectivity index (χ4v) is 2.88. The third-order valence-electron chi connectivity index (χ3n) is 4.41. The number of hydrogen-bond acceptors (Lipinski definition) is 3. The van der Waals surface area contributed by atoms with Crippen LogP contribution in [-0.2, 0) is 17.9 Å². The van der Waals surface area contributed by atoms with E-state index in [1.807, 2.05) is 24.3 Å². The van der Waals surface area contributed by atoms with Crippen molar-refractivity contribution < 1.29 is 13.9 Å². The van der Waals surface area contributed by atoms with Gasteiger partial charge in [0.05, 0.1) is 13.7 Å². The molecule has 1 amide bonds. The SMILES string of the molecule is COc1ccccc1CN(CC(=O)NCc1ccccc1F)C1CC1. The molecule has 2 aromatic carbocycles. The Balaban J connectivity index is 1.58. The Labute approximate surface area is 147 Å². The molecule has 1 aliphatic rings. The number of benzene rings is 2. The zero-order chi connectivity index (χ0) is 17.6. The van der Waals surface area contributed by atoms with Crippen molar-refractivity contribution >= 4 is 5.91 Å². The molecule has 0 bridgehead atoms. The lowest BCUT2D eigenvalue weighted by molar-refractivity contribution is -0.122. The number of hydrogen-bond donors (Lipinski definition) is 1. The first kappa shape index (κ1) is 17.4. The largest absolute Gasteiger partial charge is 0.496 e. The van der Waals surface area contributed by atoms with Gasteiger partial charge in [-0.1, -0.05) is 36.4 Å². The highest BCUT2D eigenvalue weighted by Crippen LogP contribution is 2.30. The Morgan fingerprint density at radius 2 is 1.84 bits per heavy atom. The number of carbonyl (C=O) groups is 1. The van der Waals surface area contributed by atoms with Gasteiger partial charge in [-0.3, -0.25) is 9.69 Å². The second-order valence-electron chi connectivity index (χ2n) is 6.32. The van der Waals surface area contributed by atoms with Crippen molar-refractivity contribution in [2.24, 2.45) is 0 Å². The quantitative estimate of drug-likeness (QED) is 0.801. The second-order valence-corrected chi connectivity index (χ2v) is 6.32. The number of nitrogens with one attached hydrogen (secondary N) is 1. The Morgan fingerprint density at radius 3 is 2.52 bits per heavy atom. The molecule has 0 aliphatic heterocycles. The van der Waals surface area contributed by atoms with Gasteiger partial charge in [0.1, 0.15) is 11.6 Å². The first-order valence-corrected chi connectivity index (χ1v) is 8.53. The van der Waals surface area contributed by atoms with Crippen LogP contribution in [0.25, 0.3) is 0 Å². The van der Waals surface area contributed by atoms with E-state index in [9.17, 15) is 9.18 Å². The maximum absolute atomic E-state index is 13.6. The van der Waals surface area contributed by atoms with Crippen LogP contribution < -0.4 is 10.1 Å². The highest BCUT2D eigenvalue weighted by molar-refractivity contribution is 5.78. The second kappa shape index (κ2) is 8.12. The molecule has 2 aromatic rings. The fourth-order valence-electron chi connectivity index (χ4n) is 2.88. The van der Waals surface area contributed by atoms with Crippen molar-refractivity contribution in [2.45, 2.75) is 32.0 Å². The average Bonchev–Trinajstić information content (AvgIpc) is 3.46. The fraction of sp³-hybridized carbons (Fsp3) is 0.350. The number of nitrogens with zero attached hydrogens (tertiary/aromatic N) is 1. The number of carbonyl (C=O) groups excluding carboxylic acids is 1. The molecule has 0 spiro atoms. The van der Waals surface area contributed by atoms with E-state index in [1.54, 1.807) is 25.3 Å². The standard InChI is InChI=1S/C20H23FN2O2/c1-25-19-9-5-3-7-16(19)13-23(17-10-11-17)14-20(24)22-12-15-6-2-4-8-18(15)21/h2-9,17H,10-14H2,1H3,(H,22,24). The summed E-state index contributed by atoms with van der Waals surface area (Å²) < 4.78 is 19.0. The zero-order valence-electron chi connectivity index (χ0n) is 14.4. The van der Waals surface area contributed by atoms with Gasteiger partial charge in [0.15, 0.2) is 0 Å². The summed E-state index contributed by atoms with van der Waals surface area (Å²) in [6.07, 6.45) is 2.21. The maximum Gasteiger partial charge on any atom is 0.234 e. The number of halogens is 1. The van der Waals surface area contributed by atoms with Crippen molar-refractivity contribution in [1.82, 2.24) is 10.2 Å². The summed E-state index contributed by atoms with van der Waals surface area (Å²) in [4.78, 5) is 14.5. The van der Waals surface area contributed by atoms with E-state index in [2.05, 4.69) is 10.2 Å². The first-order chi connectivity index (χ1) is 12.2. The molecule has 0 unspecified atom stereocenters. The summed E-state index contributed by atoms with van der Waals surface area (Å²) in [5, 5.41) is 2.82. The highest BCUT2D eigenvalue weighted by atomic mass is 19.1. The van der Waals surface area contributed by atoms with Crippen LogP contribution in [0.15, 0.2) is 48.5 Å². The van der Waals surface area contributed by atoms with Crippen LogP contribution in [0.4, 0.5) is 4.39 Å². The van der Waals surface area contributed by atoms with Crippen molar-refractivity contribution in [1.29, 1.82) is 0 Å². The van der Waals surface area contributed by atoms with E-state index < -0.39 is 0 Å².